The maximum Gasteiger partial charge on any atom is 0.311 e. The second-order valence-corrected chi connectivity index (χ2v) is 11.9. The zero-order valence-corrected chi connectivity index (χ0v) is 22.0. The third kappa shape index (κ3) is 4.05. The molecule has 6 rings (SSSR count). The summed E-state index contributed by atoms with van der Waals surface area (Å²) in [7, 11) is 0. The van der Waals surface area contributed by atoms with Crippen LogP contribution in [0.2, 0.25) is 0 Å². The van der Waals surface area contributed by atoms with Crippen LogP contribution in [0.5, 0.6) is 0 Å². The number of hydrogen-bond donors (Lipinski definition) is 1. The molecular formula is C30H32N2O5S. The van der Waals surface area contributed by atoms with Crippen molar-refractivity contribution in [2.75, 3.05) is 31.2 Å². The van der Waals surface area contributed by atoms with Gasteiger partial charge in [-0.15, -0.1) is 11.8 Å². The van der Waals surface area contributed by atoms with E-state index < -0.39 is 22.6 Å². The van der Waals surface area contributed by atoms with Gasteiger partial charge in [-0.05, 0) is 48.6 Å². The molecule has 1 unspecified atom stereocenters. The Morgan fingerprint density at radius 2 is 1.87 bits per heavy atom. The van der Waals surface area contributed by atoms with E-state index in [1.165, 1.54) is 0 Å². The fourth-order valence-corrected chi connectivity index (χ4v) is 8.47. The lowest BCUT2D eigenvalue weighted by Gasteiger charge is -2.35. The molecule has 4 heterocycles. The SMILES string of the molecule is O=C1OCCC/C=C\[C@@H]2S[C@]34C=CCN(c5ccc6ccccc6c5)C(=O)C3N(CCCCO)C(=O)[C@@H]4[C@H]12. The maximum atomic E-state index is 14.5. The van der Waals surface area contributed by atoms with Gasteiger partial charge < -0.3 is 19.6 Å². The molecule has 7 nitrogen and oxygen atoms in total. The summed E-state index contributed by atoms with van der Waals surface area (Å²) in [6, 6.07) is 13.3. The summed E-state index contributed by atoms with van der Waals surface area (Å²) >= 11 is 1.56. The number of nitrogens with zero attached hydrogens (tertiary/aromatic N) is 2. The minimum Gasteiger partial charge on any atom is -0.465 e. The number of rotatable bonds is 5. The van der Waals surface area contributed by atoms with Crippen molar-refractivity contribution in [3.8, 4) is 0 Å². The van der Waals surface area contributed by atoms with E-state index in [1.54, 1.807) is 21.6 Å². The highest BCUT2D eigenvalue weighted by atomic mass is 32.2. The van der Waals surface area contributed by atoms with Crippen LogP contribution in [-0.2, 0) is 19.1 Å². The summed E-state index contributed by atoms with van der Waals surface area (Å²) in [4.78, 5) is 45.3. The quantitative estimate of drug-likeness (QED) is 0.359. The molecule has 0 saturated carbocycles. The zero-order chi connectivity index (χ0) is 26.3. The van der Waals surface area contributed by atoms with Crippen molar-refractivity contribution < 1.29 is 24.2 Å². The van der Waals surface area contributed by atoms with Gasteiger partial charge in [0.05, 0.1) is 23.2 Å². The fraction of sp³-hybridized carbons (Fsp3) is 0.433. The van der Waals surface area contributed by atoms with Crippen LogP contribution in [0, 0.1) is 11.8 Å². The average molecular weight is 533 g/mol. The molecule has 198 valence electrons. The number of thioether (sulfide) groups is 1. The van der Waals surface area contributed by atoms with Crippen LogP contribution in [0.3, 0.4) is 0 Å². The third-order valence-corrected chi connectivity index (χ3v) is 9.95. The van der Waals surface area contributed by atoms with E-state index in [0.29, 0.717) is 32.5 Å². The summed E-state index contributed by atoms with van der Waals surface area (Å²) in [5.41, 5.74) is 0.784. The number of likely N-dealkylation sites (tertiary alicyclic amines) is 1. The third-order valence-electron chi connectivity index (χ3n) is 8.20. The van der Waals surface area contributed by atoms with E-state index in [9.17, 15) is 19.5 Å². The summed E-state index contributed by atoms with van der Waals surface area (Å²) < 4.78 is 4.75. The Bertz CT molecular complexity index is 1320. The Hall–Kier alpha value is -3.10. The van der Waals surface area contributed by atoms with Gasteiger partial charge in [0.15, 0.2) is 0 Å². The summed E-state index contributed by atoms with van der Waals surface area (Å²) in [6.07, 6.45) is 10.8. The van der Waals surface area contributed by atoms with E-state index in [-0.39, 0.29) is 29.6 Å². The first-order valence-corrected chi connectivity index (χ1v) is 14.3. The first kappa shape index (κ1) is 25.2. The molecule has 4 aliphatic rings. The van der Waals surface area contributed by atoms with E-state index in [4.69, 9.17) is 4.74 Å². The minimum absolute atomic E-state index is 0.0227. The van der Waals surface area contributed by atoms with E-state index in [0.717, 1.165) is 29.3 Å². The minimum atomic E-state index is -0.864. The smallest absolute Gasteiger partial charge is 0.311 e. The molecule has 5 atom stereocenters. The van der Waals surface area contributed by atoms with Gasteiger partial charge in [-0.25, -0.2) is 0 Å². The molecule has 2 fully saturated rings. The molecule has 8 heteroatoms. The molecule has 0 aliphatic carbocycles. The van der Waals surface area contributed by atoms with Crippen LogP contribution in [0.4, 0.5) is 5.69 Å². The molecular weight excluding hydrogens is 500 g/mol. The number of allylic oxidation sites excluding steroid dienone is 1. The highest BCUT2D eigenvalue weighted by Crippen LogP contribution is 2.60. The monoisotopic (exact) mass is 532 g/mol. The molecule has 2 aromatic carbocycles. The topological polar surface area (TPSA) is 87.2 Å². The largest absolute Gasteiger partial charge is 0.465 e. The lowest BCUT2D eigenvalue weighted by atomic mass is 9.78. The Morgan fingerprint density at radius 1 is 1.03 bits per heavy atom. The van der Waals surface area contributed by atoms with Crippen LogP contribution in [0.1, 0.15) is 25.7 Å². The molecule has 4 aliphatic heterocycles. The van der Waals surface area contributed by atoms with Gasteiger partial charge in [-0.1, -0.05) is 54.6 Å². The van der Waals surface area contributed by atoms with E-state index in [2.05, 4.69) is 6.08 Å². The molecule has 2 aromatic rings. The first-order chi connectivity index (χ1) is 18.5. The number of amides is 2. The predicted molar refractivity (Wildman–Crippen MR) is 148 cm³/mol. The van der Waals surface area contributed by atoms with Crippen molar-refractivity contribution in [1.82, 2.24) is 4.90 Å². The summed E-state index contributed by atoms with van der Waals surface area (Å²) in [5.74, 6) is -1.98. The van der Waals surface area contributed by atoms with Gasteiger partial charge in [-0.2, -0.15) is 0 Å². The number of anilines is 1. The lowest BCUT2D eigenvalue weighted by molar-refractivity contribution is -0.153. The molecule has 1 spiro atoms. The number of benzene rings is 2. The Kier molecular flexibility index (Phi) is 6.78. The normalized spacial score (nSPS) is 31.7. The number of carbonyl (C=O) groups excluding carboxylic acids is 3. The van der Waals surface area contributed by atoms with Crippen LogP contribution in [-0.4, -0.2) is 70.1 Å². The molecule has 2 saturated heterocycles. The predicted octanol–water partition coefficient (Wildman–Crippen LogP) is 3.71. The fourth-order valence-electron chi connectivity index (χ4n) is 6.46. The van der Waals surface area contributed by atoms with Gasteiger partial charge in [0.1, 0.15) is 6.04 Å². The van der Waals surface area contributed by atoms with Crippen molar-refractivity contribution in [1.29, 1.82) is 0 Å². The molecule has 0 radical (unpaired) electrons. The van der Waals surface area contributed by atoms with Crippen molar-refractivity contribution in [2.24, 2.45) is 11.8 Å². The number of hydrogen-bond acceptors (Lipinski definition) is 6. The maximum absolute atomic E-state index is 14.5. The van der Waals surface area contributed by atoms with Gasteiger partial charge in [-0.3, -0.25) is 14.4 Å². The Morgan fingerprint density at radius 3 is 2.71 bits per heavy atom. The second kappa shape index (κ2) is 10.2. The van der Waals surface area contributed by atoms with Crippen LogP contribution >= 0.6 is 11.8 Å². The van der Waals surface area contributed by atoms with Crippen molar-refractivity contribution in [3.05, 3.63) is 66.8 Å². The van der Waals surface area contributed by atoms with Crippen LogP contribution < -0.4 is 4.90 Å². The molecule has 0 bridgehead atoms. The zero-order valence-electron chi connectivity index (χ0n) is 21.2. The van der Waals surface area contributed by atoms with Crippen molar-refractivity contribution >= 4 is 46.0 Å². The lowest BCUT2D eigenvalue weighted by Crippen LogP contribution is -2.53. The van der Waals surface area contributed by atoms with E-state index >= 15 is 0 Å². The number of unbranched alkanes of at least 4 members (excludes halogenated alkanes) is 1. The number of aliphatic hydroxyl groups excluding tert-OH is 1. The van der Waals surface area contributed by atoms with Crippen LogP contribution in [0.25, 0.3) is 10.8 Å². The van der Waals surface area contributed by atoms with Crippen molar-refractivity contribution in [2.45, 2.75) is 41.7 Å². The first-order valence-electron chi connectivity index (χ1n) is 13.5. The summed E-state index contributed by atoms with van der Waals surface area (Å²) in [5, 5.41) is 11.3. The van der Waals surface area contributed by atoms with E-state index in [1.807, 2.05) is 60.7 Å². The number of esters is 1. The molecule has 1 N–H and O–H groups in total. The van der Waals surface area contributed by atoms with Crippen molar-refractivity contribution in [3.63, 3.8) is 0 Å². The number of ether oxygens (including phenoxy) is 1. The highest BCUT2D eigenvalue weighted by molar-refractivity contribution is 8.02. The number of carbonyl (C=O) groups is 3. The second-order valence-electron chi connectivity index (χ2n) is 10.4. The average Bonchev–Trinajstić information content (AvgIpc) is 3.33. The Balaban J connectivity index is 1.43. The Labute approximate surface area is 226 Å². The van der Waals surface area contributed by atoms with Crippen LogP contribution in [0.15, 0.2) is 66.8 Å². The van der Waals surface area contributed by atoms with Gasteiger partial charge in [0.2, 0.25) is 5.91 Å². The molecule has 0 aromatic heterocycles. The number of aliphatic hydroxyl groups is 1. The van der Waals surface area contributed by atoms with Gasteiger partial charge in [0.25, 0.3) is 5.91 Å². The molecule has 38 heavy (non-hydrogen) atoms. The standard InChI is InChI=1S/C30H32N2O5S/c33-17-6-5-15-32-26-28(35)31(22-13-12-20-9-3-4-10-21(20)19-22)16-8-14-30(26)25(27(32)34)24-23(38-30)11-2-1-7-18-37-29(24)36/h2-4,8-14,19,23-26,33H,1,5-7,15-18H2/b11-2-/t23-,24+,25-,26?,30-/m0/s1. The molecule has 2 amide bonds. The number of cyclic esters (lactones) is 1. The highest BCUT2D eigenvalue weighted by Gasteiger charge is 2.70. The number of fused-ring (bicyclic) bond motifs is 3. The van der Waals surface area contributed by atoms with Gasteiger partial charge in [0, 0.05) is 30.6 Å². The summed E-state index contributed by atoms with van der Waals surface area (Å²) in [6.45, 7) is 1.10. The van der Waals surface area contributed by atoms with Gasteiger partial charge >= 0.3 is 5.97 Å².